The molecule has 7 nitrogen and oxygen atoms in total. The van der Waals surface area contributed by atoms with Gasteiger partial charge < -0.3 is 15.1 Å². The Morgan fingerprint density at radius 1 is 1.15 bits per heavy atom. The highest BCUT2D eigenvalue weighted by Gasteiger charge is 2.19. The standard InChI is InChI=1S/C17H28FN5O2S.HI/c1-3-26(24,25)21-10-4-9-20-17(19-2)23-13-11-22(12-14-23)16-7-5-15(18)6-8-16;/h5-8,21H,3-4,9-14H2,1-2H3,(H,19,20);1H. The fourth-order valence-corrected chi connectivity index (χ4v) is 3.44. The van der Waals surface area contributed by atoms with Crippen LogP contribution >= 0.6 is 24.0 Å². The van der Waals surface area contributed by atoms with Crippen molar-refractivity contribution in [2.45, 2.75) is 13.3 Å². The van der Waals surface area contributed by atoms with Gasteiger partial charge in [-0.25, -0.2) is 17.5 Å². The van der Waals surface area contributed by atoms with Crippen molar-refractivity contribution in [1.29, 1.82) is 0 Å². The maximum atomic E-state index is 13.0. The molecule has 0 amide bonds. The molecule has 1 aromatic rings. The lowest BCUT2D eigenvalue weighted by Crippen LogP contribution is -2.52. The molecule has 154 valence electrons. The number of sulfonamides is 1. The van der Waals surface area contributed by atoms with E-state index in [1.165, 1.54) is 12.1 Å². The molecule has 0 spiro atoms. The zero-order chi connectivity index (χ0) is 19.0. The van der Waals surface area contributed by atoms with Gasteiger partial charge in [0.1, 0.15) is 5.82 Å². The number of hydrogen-bond acceptors (Lipinski definition) is 4. The molecule has 1 aliphatic heterocycles. The van der Waals surface area contributed by atoms with Gasteiger partial charge in [-0.15, -0.1) is 24.0 Å². The lowest BCUT2D eigenvalue weighted by molar-refractivity contribution is 0.372. The first-order valence-corrected chi connectivity index (χ1v) is 10.5. The number of nitrogens with zero attached hydrogens (tertiary/aromatic N) is 3. The fraction of sp³-hybridized carbons (Fsp3) is 0.588. The van der Waals surface area contributed by atoms with Gasteiger partial charge in [-0.3, -0.25) is 4.99 Å². The van der Waals surface area contributed by atoms with Crippen LogP contribution in [0.4, 0.5) is 10.1 Å². The predicted octanol–water partition coefficient (Wildman–Crippen LogP) is 1.47. The monoisotopic (exact) mass is 513 g/mol. The van der Waals surface area contributed by atoms with E-state index in [9.17, 15) is 12.8 Å². The molecule has 0 bridgehead atoms. The summed E-state index contributed by atoms with van der Waals surface area (Å²) in [5, 5.41) is 3.28. The van der Waals surface area contributed by atoms with Crippen LogP contribution in [0.1, 0.15) is 13.3 Å². The summed E-state index contributed by atoms with van der Waals surface area (Å²) in [6.07, 6.45) is 0.688. The molecule has 1 aromatic carbocycles. The Hall–Kier alpha value is -1.14. The lowest BCUT2D eigenvalue weighted by Gasteiger charge is -2.37. The molecule has 0 radical (unpaired) electrons. The molecule has 1 fully saturated rings. The third kappa shape index (κ3) is 7.78. The van der Waals surface area contributed by atoms with E-state index in [-0.39, 0.29) is 35.5 Å². The van der Waals surface area contributed by atoms with E-state index in [1.54, 1.807) is 26.1 Å². The minimum absolute atomic E-state index is 0. The van der Waals surface area contributed by atoms with Gasteiger partial charge in [-0.2, -0.15) is 0 Å². The molecular weight excluding hydrogens is 484 g/mol. The van der Waals surface area contributed by atoms with E-state index in [0.717, 1.165) is 37.8 Å². The molecule has 0 aromatic heterocycles. The molecule has 1 saturated heterocycles. The molecule has 27 heavy (non-hydrogen) atoms. The quantitative estimate of drug-likeness (QED) is 0.250. The van der Waals surface area contributed by atoms with Crippen LogP contribution < -0.4 is 14.9 Å². The van der Waals surface area contributed by atoms with Gasteiger partial charge in [0, 0.05) is 52.0 Å². The molecule has 1 heterocycles. The molecule has 0 saturated carbocycles. The van der Waals surface area contributed by atoms with Crippen LogP contribution in [0.2, 0.25) is 0 Å². The number of anilines is 1. The van der Waals surface area contributed by atoms with Crippen molar-refractivity contribution >= 4 is 45.6 Å². The topological polar surface area (TPSA) is 77.0 Å². The summed E-state index contributed by atoms with van der Waals surface area (Å²) in [4.78, 5) is 8.71. The van der Waals surface area contributed by atoms with Gasteiger partial charge in [0.2, 0.25) is 10.0 Å². The highest BCUT2D eigenvalue weighted by molar-refractivity contribution is 14.0. The summed E-state index contributed by atoms with van der Waals surface area (Å²) in [5.74, 6) is 0.695. The molecule has 2 N–H and O–H groups in total. The Morgan fingerprint density at radius 2 is 1.78 bits per heavy atom. The van der Waals surface area contributed by atoms with Crippen molar-refractivity contribution in [1.82, 2.24) is 14.9 Å². The van der Waals surface area contributed by atoms with Crippen molar-refractivity contribution in [3.05, 3.63) is 30.1 Å². The van der Waals surface area contributed by atoms with Crippen molar-refractivity contribution in [2.24, 2.45) is 4.99 Å². The minimum Gasteiger partial charge on any atom is -0.368 e. The van der Waals surface area contributed by atoms with Crippen molar-refractivity contribution in [3.63, 3.8) is 0 Å². The zero-order valence-corrected chi connectivity index (χ0v) is 19.0. The second-order valence-electron chi connectivity index (χ2n) is 6.08. The molecule has 10 heteroatoms. The van der Waals surface area contributed by atoms with E-state index in [4.69, 9.17) is 0 Å². The highest BCUT2D eigenvalue weighted by Crippen LogP contribution is 2.16. The average molecular weight is 513 g/mol. The van der Waals surface area contributed by atoms with Crippen molar-refractivity contribution in [2.75, 3.05) is 57.0 Å². The Balaban J connectivity index is 0.00000364. The second-order valence-corrected chi connectivity index (χ2v) is 8.17. The van der Waals surface area contributed by atoms with Gasteiger partial charge in [0.25, 0.3) is 0 Å². The van der Waals surface area contributed by atoms with Crippen LogP contribution in [0.5, 0.6) is 0 Å². The number of nitrogens with one attached hydrogen (secondary N) is 2. The van der Waals surface area contributed by atoms with E-state index < -0.39 is 10.0 Å². The zero-order valence-electron chi connectivity index (χ0n) is 15.8. The van der Waals surface area contributed by atoms with Crippen LogP contribution in [-0.4, -0.2) is 71.3 Å². The maximum absolute atomic E-state index is 13.0. The Bertz CT molecular complexity index is 692. The second kappa shape index (κ2) is 11.6. The number of aliphatic imine (C=N–C) groups is 1. The number of piperazine rings is 1. The molecule has 0 unspecified atom stereocenters. The molecular formula is C17H29FIN5O2S. The van der Waals surface area contributed by atoms with Crippen LogP contribution in [0.25, 0.3) is 0 Å². The third-order valence-corrected chi connectivity index (χ3v) is 5.73. The summed E-state index contributed by atoms with van der Waals surface area (Å²) < 4.78 is 38.3. The molecule has 2 rings (SSSR count). The lowest BCUT2D eigenvalue weighted by atomic mass is 10.2. The SMILES string of the molecule is CCS(=O)(=O)NCCCNC(=NC)N1CCN(c2ccc(F)cc2)CC1.I. The number of guanidine groups is 1. The molecule has 0 aliphatic carbocycles. The van der Waals surface area contributed by atoms with E-state index in [2.05, 4.69) is 24.8 Å². The van der Waals surface area contributed by atoms with Gasteiger partial charge in [0.05, 0.1) is 5.75 Å². The normalized spacial score (nSPS) is 15.4. The average Bonchev–Trinajstić information content (AvgIpc) is 2.65. The Labute approximate surface area is 178 Å². The fourth-order valence-electron chi connectivity index (χ4n) is 2.78. The van der Waals surface area contributed by atoms with Crippen molar-refractivity contribution in [3.8, 4) is 0 Å². The number of halogens is 2. The number of benzene rings is 1. The van der Waals surface area contributed by atoms with E-state index >= 15 is 0 Å². The predicted molar refractivity (Wildman–Crippen MR) is 119 cm³/mol. The first kappa shape index (κ1) is 23.9. The van der Waals surface area contributed by atoms with Crippen molar-refractivity contribution < 1.29 is 12.8 Å². The van der Waals surface area contributed by atoms with Gasteiger partial charge in [0.15, 0.2) is 5.96 Å². The summed E-state index contributed by atoms with van der Waals surface area (Å²) in [7, 11) is -1.38. The Kier molecular flexibility index (Phi) is 10.3. The van der Waals surface area contributed by atoms with Gasteiger partial charge in [-0.05, 0) is 37.6 Å². The van der Waals surface area contributed by atoms with Crippen LogP contribution in [-0.2, 0) is 10.0 Å². The first-order valence-electron chi connectivity index (χ1n) is 8.88. The molecule has 0 atom stereocenters. The minimum atomic E-state index is -3.13. The van der Waals surface area contributed by atoms with Gasteiger partial charge >= 0.3 is 0 Å². The summed E-state index contributed by atoms with van der Waals surface area (Å²) in [6.45, 7) is 5.99. The number of hydrogen-bond donors (Lipinski definition) is 2. The highest BCUT2D eigenvalue weighted by atomic mass is 127. The summed E-state index contributed by atoms with van der Waals surface area (Å²) in [5.41, 5.74) is 1.03. The third-order valence-electron chi connectivity index (χ3n) is 4.32. The Morgan fingerprint density at radius 3 is 2.33 bits per heavy atom. The van der Waals surface area contributed by atoms with Crippen LogP contribution in [0.3, 0.4) is 0 Å². The summed E-state index contributed by atoms with van der Waals surface area (Å²) >= 11 is 0. The number of rotatable bonds is 7. The molecule has 1 aliphatic rings. The smallest absolute Gasteiger partial charge is 0.211 e. The van der Waals surface area contributed by atoms with E-state index in [1.807, 2.05) is 0 Å². The van der Waals surface area contributed by atoms with Crippen LogP contribution in [0, 0.1) is 5.82 Å². The first-order chi connectivity index (χ1) is 12.4. The van der Waals surface area contributed by atoms with Gasteiger partial charge in [-0.1, -0.05) is 0 Å². The van der Waals surface area contributed by atoms with E-state index in [0.29, 0.717) is 19.5 Å². The summed E-state index contributed by atoms with van der Waals surface area (Å²) in [6, 6.07) is 6.56. The van der Waals surface area contributed by atoms with Crippen LogP contribution in [0.15, 0.2) is 29.3 Å². The largest absolute Gasteiger partial charge is 0.368 e. The maximum Gasteiger partial charge on any atom is 0.211 e.